The highest BCUT2D eigenvalue weighted by Gasteiger charge is 2.13. The lowest BCUT2D eigenvalue weighted by molar-refractivity contribution is 0.0991. The number of hydrogen-bond acceptors (Lipinski definition) is 1. The minimum atomic E-state index is -0.649. The summed E-state index contributed by atoms with van der Waals surface area (Å²) in [5, 5.41) is 9.64. The summed E-state index contributed by atoms with van der Waals surface area (Å²) in [6, 6.07) is 0. The van der Waals surface area contributed by atoms with Gasteiger partial charge in [0, 0.05) is 0 Å². The summed E-state index contributed by atoms with van der Waals surface area (Å²) in [7, 11) is 0. The Labute approximate surface area is 69.4 Å². The lowest BCUT2D eigenvalue weighted by atomic mass is 9.99. The first-order chi connectivity index (χ1) is 5.12. The van der Waals surface area contributed by atoms with Gasteiger partial charge < -0.3 is 5.11 Å². The average Bonchev–Trinajstić information content (AvgIpc) is 1.97. The molecule has 1 nitrogen and oxygen atoms in total. The van der Waals surface area contributed by atoms with Gasteiger partial charge in [-0.2, -0.15) is 0 Å². The number of rotatable bonds is 5. The molecule has 0 aromatic rings. The fourth-order valence-electron chi connectivity index (χ4n) is 0.893. The Hall–Kier alpha value is -0.560. The summed E-state index contributed by atoms with van der Waals surface area (Å²) in [6.07, 6.45) is 8.27. The molecule has 0 aliphatic rings. The molecule has 0 aliphatic carbocycles. The first-order valence-corrected chi connectivity index (χ1v) is 4.15. The maximum absolute atomic E-state index is 9.64. The molecule has 0 aromatic carbocycles. The zero-order chi connectivity index (χ0) is 8.74. The first-order valence-electron chi connectivity index (χ1n) is 4.15. The van der Waals surface area contributed by atoms with Crippen molar-refractivity contribution in [2.45, 2.75) is 38.7 Å². The molecule has 0 bridgehead atoms. The highest BCUT2D eigenvalue weighted by atomic mass is 16.3. The standard InChI is InChI=1S/C10H18O/c1-4-6-8-10(3,11)9-7-5-2/h4,6,8,11H,1,5,7,9H2,2-3H3/b8-6-. The van der Waals surface area contributed by atoms with Gasteiger partial charge in [-0.25, -0.2) is 0 Å². The van der Waals surface area contributed by atoms with Crippen LogP contribution in [-0.2, 0) is 0 Å². The molecule has 0 aliphatic heterocycles. The van der Waals surface area contributed by atoms with Crippen LogP contribution in [0.3, 0.4) is 0 Å². The van der Waals surface area contributed by atoms with Crippen LogP contribution in [0.4, 0.5) is 0 Å². The lowest BCUT2D eigenvalue weighted by Gasteiger charge is -2.17. The van der Waals surface area contributed by atoms with E-state index in [1.54, 1.807) is 18.2 Å². The third kappa shape index (κ3) is 5.86. The molecule has 0 radical (unpaired) electrons. The molecule has 1 atom stereocenters. The van der Waals surface area contributed by atoms with Gasteiger partial charge in [-0.3, -0.25) is 0 Å². The summed E-state index contributed by atoms with van der Waals surface area (Å²) < 4.78 is 0. The van der Waals surface area contributed by atoms with Gasteiger partial charge in [-0.1, -0.05) is 44.6 Å². The van der Waals surface area contributed by atoms with E-state index in [1.165, 1.54) is 0 Å². The second-order valence-corrected chi connectivity index (χ2v) is 3.06. The zero-order valence-corrected chi connectivity index (χ0v) is 7.51. The SMILES string of the molecule is C=C/C=C\C(C)(O)CCCC. The van der Waals surface area contributed by atoms with E-state index in [9.17, 15) is 5.11 Å². The minimum Gasteiger partial charge on any atom is -0.386 e. The summed E-state index contributed by atoms with van der Waals surface area (Å²) >= 11 is 0. The summed E-state index contributed by atoms with van der Waals surface area (Å²) in [6.45, 7) is 7.49. The molecule has 0 spiro atoms. The van der Waals surface area contributed by atoms with Crippen molar-refractivity contribution >= 4 is 0 Å². The fourth-order valence-corrected chi connectivity index (χ4v) is 0.893. The van der Waals surface area contributed by atoms with Crippen molar-refractivity contribution in [2.75, 3.05) is 0 Å². The van der Waals surface area contributed by atoms with Crippen molar-refractivity contribution in [1.82, 2.24) is 0 Å². The molecule has 0 aromatic heterocycles. The quantitative estimate of drug-likeness (QED) is 0.604. The van der Waals surface area contributed by atoms with Gasteiger partial charge >= 0.3 is 0 Å². The van der Waals surface area contributed by atoms with E-state index >= 15 is 0 Å². The van der Waals surface area contributed by atoms with Gasteiger partial charge in [0.25, 0.3) is 0 Å². The lowest BCUT2D eigenvalue weighted by Crippen LogP contribution is -2.19. The molecular formula is C10H18O. The Morgan fingerprint density at radius 3 is 2.64 bits per heavy atom. The van der Waals surface area contributed by atoms with Gasteiger partial charge in [0.1, 0.15) is 0 Å². The first kappa shape index (κ1) is 10.4. The molecule has 0 amide bonds. The second-order valence-electron chi connectivity index (χ2n) is 3.06. The van der Waals surface area contributed by atoms with Gasteiger partial charge in [-0.05, 0) is 13.3 Å². The minimum absolute atomic E-state index is 0.649. The number of hydrogen-bond donors (Lipinski definition) is 1. The molecular weight excluding hydrogens is 136 g/mol. The normalized spacial score (nSPS) is 16.6. The van der Waals surface area contributed by atoms with Crippen molar-refractivity contribution in [3.05, 3.63) is 24.8 Å². The van der Waals surface area contributed by atoms with Crippen molar-refractivity contribution in [3.8, 4) is 0 Å². The predicted octanol–water partition coefficient (Wildman–Crippen LogP) is 2.67. The third-order valence-corrected chi connectivity index (χ3v) is 1.63. The highest BCUT2D eigenvalue weighted by Crippen LogP contribution is 2.14. The fraction of sp³-hybridized carbons (Fsp3) is 0.600. The van der Waals surface area contributed by atoms with Crippen molar-refractivity contribution < 1.29 is 5.11 Å². The maximum atomic E-state index is 9.64. The average molecular weight is 154 g/mol. The smallest absolute Gasteiger partial charge is 0.0802 e. The molecule has 1 heteroatoms. The maximum Gasteiger partial charge on any atom is 0.0802 e. The van der Waals surface area contributed by atoms with Crippen LogP contribution in [0.5, 0.6) is 0 Å². The summed E-state index contributed by atoms with van der Waals surface area (Å²) in [5.41, 5.74) is -0.649. The van der Waals surface area contributed by atoms with Crippen LogP contribution in [0.1, 0.15) is 33.1 Å². The monoisotopic (exact) mass is 154 g/mol. The molecule has 1 unspecified atom stereocenters. The molecule has 1 N–H and O–H groups in total. The van der Waals surface area contributed by atoms with E-state index in [0.29, 0.717) is 0 Å². The largest absolute Gasteiger partial charge is 0.386 e. The highest BCUT2D eigenvalue weighted by molar-refractivity contribution is 5.05. The topological polar surface area (TPSA) is 20.2 Å². The Balaban J connectivity index is 3.78. The Morgan fingerprint density at radius 1 is 1.55 bits per heavy atom. The molecule has 0 saturated heterocycles. The van der Waals surface area contributed by atoms with E-state index in [-0.39, 0.29) is 0 Å². The van der Waals surface area contributed by atoms with Crippen molar-refractivity contribution in [3.63, 3.8) is 0 Å². The van der Waals surface area contributed by atoms with E-state index < -0.39 is 5.60 Å². The van der Waals surface area contributed by atoms with Crippen molar-refractivity contribution in [2.24, 2.45) is 0 Å². The van der Waals surface area contributed by atoms with Crippen LogP contribution in [0.15, 0.2) is 24.8 Å². The summed E-state index contributed by atoms with van der Waals surface area (Å²) in [4.78, 5) is 0. The molecule has 0 heterocycles. The Morgan fingerprint density at radius 2 is 2.18 bits per heavy atom. The van der Waals surface area contributed by atoms with Crippen LogP contribution in [0, 0.1) is 0 Å². The molecule has 0 fully saturated rings. The number of unbranched alkanes of at least 4 members (excludes halogenated alkanes) is 1. The number of aliphatic hydroxyl groups is 1. The summed E-state index contributed by atoms with van der Waals surface area (Å²) in [5.74, 6) is 0. The molecule has 0 saturated carbocycles. The van der Waals surface area contributed by atoms with E-state index in [1.807, 2.05) is 6.92 Å². The van der Waals surface area contributed by atoms with Gasteiger partial charge in [0.15, 0.2) is 0 Å². The second kappa shape index (κ2) is 5.14. The molecule has 0 rings (SSSR count). The van der Waals surface area contributed by atoms with E-state index in [4.69, 9.17) is 0 Å². The third-order valence-electron chi connectivity index (χ3n) is 1.63. The molecule has 11 heavy (non-hydrogen) atoms. The Kier molecular flexibility index (Phi) is 4.88. The van der Waals surface area contributed by atoms with Crippen LogP contribution in [0.25, 0.3) is 0 Å². The van der Waals surface area contributed by atoms with Crippen LogP contribution >= 0.6 is 0 Å². The van der Waals surface area contributed by atoms with Gasteiger partial charge in [0.05, 0.1) is 5.60 Å². The van der Waals surface area contributed by atoms with Gasteiger partial charge in [0.2, 0.25) is 0 Å². The zero-order valence-electron chi connectivity index (χ0n) is 7.51. The van der Waals surface area contributed by atoms with Crippen LogP contribution < -0.4 is 0 Å². The van der Waals surface area contributed by atoms with E-state index in [2.05, 4.69) is 13.5 Å². The van der Waals surface area contributed by atoms with Crippen LogP contribution in [-0.4, -0.2) is 10.7 Å². The van der Waals surface area contributed by atoms with E-state index in [0.717, 1.165) is 19.3 Å². The molecule has 64 valence electrons. The predicted molar refractivity (Wildman–Crippen MR) is 49.5 cm³/mol. The van der Waals surface area contributed by atoms with Gasteiger partial charge in [-0.15, -0.1) is 0 Å². The van der Waals surface area contributed by atoms with Crippen molar-refractivity contribution in [1.29, 1.82) is 0 Å². The Bertz CT molecular complexity index is 134. The number of allylic oxidation sites excluding steroid dienone is 2. The van der Waals surface area contributed by atoms with Crippen LogP contribution in [0.2, 0.25) is 0 Å².